The molecule has 0 spiro atoms. The van der Waals surface area contributed by atoms with Crippen LogP contribution in [0.1, 0.15) is 12.7 Å². The third-order valence-electron chi connectivity index (χ3n) is 1.17. The molecular weight excluding hydrogens is 156 g/mol. The van der Waals surface area contributed by atoms with E-state index in [1.165, 1.54) is 0 Å². The first-order valence-corrected chi connectivity index (χ1v) is 4.59. The van der Waals surface area contributed by atoms with Gasteiger partial charge in [0.25, 0.3) is 0 Å². The second kappa shape index (κ2) is 4.13. The Balaban J connectivity index is 2.91. The summed E-state index contributed by atoms with van der Waals surface area (Å²) in [6.07, 6.45) is 7.59. The smallest absolute Gasteiger partial charge is 0.152 e. The van der Waals surface area contributed by atoms with E-state index in [4.69, 9.17) is 0 Å². The monoisotopic (exact) mass is 166 g/mol. The van der Waals surface area contributed by atoms with Crippen LogP contribution in [-0.4, -0.2) is 16.2 Å². The van der Waals surface area contributed by atoms with Crippen molar-refractivity contribution in [2.45, 2.75) is 11.9 Å². The van der Waals surface area contributed by atoms with Crippen molar-refractivity contribution in [2.75, 3.05) is 6.26 Å². The Bertz CT molecular complexity index is 258. The fourth-order valence-corrected chi connectivity index (χ4v) is 1.08. The van der Waals surface area contributed by atoms with Gasteiger partial charge in [-0.2, -0.15) is 0 Å². The number of rotatable bonds is 2. The summed E-state index contributed by atoms with van der Waals surface area (Å²) in [6, 6.07) is 1.90. The molecule has 58 valence electrons. The van der Waals surface area contributed by atoms with E-state index in [2.05, 4.69) is 9.97 Å². The molecule has 0 saturated carbocycles. The summed E-state index contributed by atoms with van der Waals surface area (Å²) >= 11 is 1.62. The normalized spacial score (nSPS) is 10.7. The number of nitrogens with zero attached hydrogens (tertiary/aromatic N) is 2. The lowest BCUT2D eigenvalue weighted by molar-refractivity contribution is 1.03. The highest BCUT2D eigenvalue weighted by molar-refractivity contribution is 7.98. The molecule has 0 aliphatic heterocycles. The van der Waals surface area contributed by atoms with Gasteiger partial charge in [0.15, 0.2) is 5.82 Å². The molecule has 2 nitrogen and oxygen atoms in total. The van der Waals surface area contributed by atoms with Crippen molar-refractivity contribution in [3.63, 3.8) is 0 Å². The van der Waals surface area contributed by atoms with Crippen molar-refractivity contribution >= 4 is 17.8 Å². The number of hydrogen-bond donors (Lipinski definition) is 0. The van der Waals surface area contributed by atoms with E-state index in [0.717, 1.165) is 10.9 Å². The van der Waals surface area contributed by atoms with Gasteiger partial charge in [0.1, 0.15) is 0 Å². The highest BCUT2D eigenvalue weighted by atomic mass is 32.2. The largest absolute Gasteiger partial charge is 0.237 e. The minimum absolute atomic E-state index is 0.777. The Hall–Kier alpha value is -0.830. The Morgan fingerprint density at radius 1 is 1.55 bits per heavy atom. The van der Waals surface area contributed by atoms with Crippen LogP contribution in [0.4, 0.5) is 0 Å². The van der Waals surface area contributed by atoms with Crippen LogP contribution in [0, 0.1) is 0 Å². The average Bonchev–Trinajstić information content (AvgIpc) is 2.06. The van der Waals surface area contributed by atoms with Crippen LogP contribution in [0.3, 0.4) is 0 Å². The number of hydrogen-bond acceptors (Lipinski definition) is 3. The lowest BCUT2D eigenvalue weighted by Crippen LogP contribution is -1.86. The van der Waals surface area contributed by atoms with E-state index in [-0.39, 0.29) is 0 Å². The maximum Gasteiger partial charge on any atom is 0.152 e. The van der Waals surface area contributed by atoms with Gasteiger partial charge in [-0.15, -0.1) is 11.8 Å². The Labute approximate surface area is 70.8 Å². The summed E-state index contributed by atoms with van der Waals surface area (Å²) in [5.74, 6) is 0.777. The Morgan fingerprint density at radius 2 is 2.36 bits per heavy atom. The molecule has 0 aromatic carbocycles. The lowest BCUT2D eigenvalue weighted by atomic mass is 10.5. The summed E-state index contributed by atoms with van der Waals surface area (Å²) in [4.78, 5) is 8.31. The number of aromatic nitrogens is 2. The molecule has 1 heterocycles. The van der Waals surface area contributed by atoms with Gasteiger partial charge in [-0.3, -0.25) is 0 Å². The quantitative estimate of drug-likeness (QED) is 0.497. The van der Waals surface area contributed by atoms with E-state index >= 15 is 0 Å². The van der Waals surface area contributed by atoms with Crippen LogP contribution in [0.5, 0.6) is 0 Å². The minimum atomic E-state index is 0.777. The van der Waals surface area contributed by atoms with Gasteiger partial charge in [-0.05, 0) is 25.3 Å². The van der Waals surface area contributed by atoms with Gasteiger partial charge >= 0.3 is 0 Å². The van der Waals surface area contributed by atoms with Gasteiger partial charge in [0.05, 0.1) is 5.03 Å². The molecular formula is C8H10N2S. The van der Waals surface area contributed by atoms with E-state index in [9.17, 15) is 0 Å². The average molecular weight is 166 g/mol. The third-order valence-corrected chi connectivity index (χ3v) is 1.82. The van der Waals surface area contributed by atoms with Crippen LogP contribution >= 0.6 is 11.8 Å². The van der Waals surface area contributed by atoms with Gasteiger partial charge < -0.3 is 0 Å². The Morgan fingerprint density at radius 3 is 3.00 bits per heavy atom. The molecule has 0 aliphatic carbocycles. The summed E-state index contributed by atoms with van der Waals surface area (Å²) in [5, 5.41) is 1.01. The molecule has 0 aliphatic rings. The molecule has 3 heteroatoms. The highest BCUT2D eigenvalue weighted by Gasteiger charge is 1.91. The summed E-state index contributed by atoms with van der Waals surface area (Å²) in [5.41, 5.74) is 0. The molecule has 0 saturated heterocycles. The molecule has 0 N–H and O–H groups in total. The van der Waals surface area contributed by atoms with Gasteiger partial charge in [-0.1, -0.05) is 6.08 Å². The van der Waals surface area contributed by atoms with Crippen molar-refractivity contribution in [3.05, 3.63) is 24.2 Å². The van der Waals surface area contributed by atoms with E-state index in [1.807, 2.05) is 31.4 Å². The highest BCUT2D eigenvalue weighted by Crippen LogP contribution is 2.09. The molecule has 1 aromatic heterocycles. The van der Waals surface area contributed by atoms with Crippen molar-refractivity contribution in [2.24, 2.45) is 0 Å². The third kappa shape index (κ3) is 2.35. The van der Waals surface area contributed by atoms with Crippen LogP contribution in [-0.2, 0) is 0 Å². The van der Waals surface area contributed by atoms with Gasteiger partial charge in [0.2, 0.25) is 0 Å². The zero-order valence-corrected chi connectivity index (χ0v) is 7.43. The maximum atomic E-state index is 4.25. The minimum Gasteiger partial charge on any atom is -0.237 e. The van der Waals surface area contributed by atoms with Crippen LogP contribution in [0.2, 0.25) is 0 Å². The summed E-state index contributed by atoms with van der Waals surface area (Å²) < 4.78 is 0. The van der Waals surface area contributed by atoms with Crippen molar-refractivity contribution in [3.8, 4) is 0 Å². The first-order chi connectivity index (χ1) is 5.36. The SMILES string of the molecule is C/C=C/c1nccc(SC)n1. The topological polar surface area (TPSA) is 25.8 Å². The standard InChI is InChI=1S/C8H10N2S/c1-3-4-7-9-6-5-8(10-7)11-2/h3-6H,1-2H3/b4-3+. The predicted octanol–water partition coefficient (Wildman–Crippen LogP) is 2.23. The zero-order chi connectivity index (χ0) is 8.10. The second-order valence-corrected chi connectivity index (χ2v) is 2.78. The van der Waals surface area contributed by atoms with E-state index < -0.39 is 0 Å². The van der Waals surface area contributed by atoms with Crippen LogP contribution in [0.15, 0.2) is 23.4 Å². The van der Waals surface area contributed by atoms with Crippen LogP contribution < -0.4 is 0 Å². The first kappa shape index (κ1) is 8.27. The molecule has 0 atom stereocenters. The van der Waals surface area contributed by atoms with Gasteiger partial charge in [0, 0.05) is 6.20 Å². The first-order valence-electron chi connectivity index (χ1n) is 3.36. The van der Waals surface area contributed by atoms with E-state index in [1.54, 1.807) is 18.0 Å². The van der Waals surface area contributed by atoms with Crippen molar-refractivity contribution in [1.29, 1.82) is 0 Å². The summed E-state index contributed by atoms with van der Waals surface area (Å²) in [6.45, 7) is 1.95. The van der Waals surface area contributed by atoms with Crippen molar-refractivity contribution < 1.29 is 0 Å². The fourth-order valence-electron chi connectivity index (χ4n) is 0.699. The maximum absolute atomic E-state index is 4.25. The van der Waals surface area contributed by atoms with Gasteiger partial charge in [-0.25, -0.2) is 9.97 Å². The molecule has 0 radical (unpaired) electrons. The molecule has 11 heavy (non-hydrogen) atoms. The molecule has 1 aromatic rings. The molecule has 1 rings (SSSR count). The van der Waals surface area contributed by atoms with Crippen LogP contribution in [0.25, 0.3) is 6.08 Å². The second-order valence-electron chi connectivity index (χ2n) is 1.96. The fraction of sp³-hybridized carbons (Fsp3) is 0.250. The molecule has 0 bridgehead atoms. The van der Waals surface area contributed by atoms with E-state index in [0.29, 0.717) is 0 Å². The molecule has 0 unspecified atom stereocenters. The molecule has 0 amide bonds. The predicted molar refractivity (Wildman–Crippen MR) is 48.5 cm³/mol. The number of allylic oxidation sites excluding steroid dienone is 1. The zero-order valence-electron chi connectivity index (χ0n) is 6.61. The van der Waals surface area contributed by atoms with Crippen molar-refractivity contribution in [1.82, 2.24) is 9.97 Å². The Kier molecular flexibility index (Phi) is 3.11. The number of thioether (sulfide) groups is 1. The lowest BCUT2D eigenvalue weighted by Gasteiger charge is -1.94. The molecule has 0 fully saturated rings. The summed E-state index contributed by atoms with van der Waals surface area (Å²) in [7, 11) is 0.